The summed E-state index contributed by atoms with van der Waals surface area (Å²) < 4.78 is 0. The third kappa shape index (κ3) is 6.76. The number of phenolic OH excluding ortho intramolecular Hbond substituents is 1. The minimum atomic E-state index is -0.147. The summed E-state index contributed by atoms with van der Waals surface area (Å²) >= 11 is 0. The summed E-state index contributed by atoms with van der Waals surface area (Å²) in [4.78, 5) is 14.3. The quantitative estimate of drug-likeness (QED) is 0.682. The molecule has 5 nitrogen and oxygen atoms in total. The molecule has 0 spiro atoms. The number of carbonyl (C=O) groups is 1. The minimum absolute atomic E-state index is 0.0623. The summed E-state index contributed by atoms with van der Waals surface area (Å²) in [6.45, 7) is 2.56. The number of nitrogens with one attached hydrogen (secondary N) is 2. The highest BCUT2D eigenvalue weighted by atomic mass is 16.3. The SMILES string of the molecule is CC(Cc1ccccc1)NC(=O)NCC(Cc1ccc(O)cc1)N(C)C. The van der Waals surface area contributed by atoms with Crippen molar-refractivity contribution in [3.05, 3.63) is 65.7 Å². The Labute approximate surface area is 156 Å². The lowest BCUT2D eigenvalue weighted by molar-refractivity contribution is 0.229. The number of urea groups is 1. The Balaban J connectivity index is 1.80. The molecule has 0 aliphatic carbocycles. The second kappa shape index (κ2) is 9.82. The monoisotopic (exact) mass is 355 g/mol. The molecule has 0 aliphatic heterocycles. The van der Waals surface area contributed by atoms with Gasteiger partial charge in [0.1, 0.15) is 5.75 Å². The van der Waals surface area contributed by atoms with E-state index in [4.69, 9.17) is 0 Å². The van der Waals surface area contributed by atoms with Crippen molar-refractivity contribution in [3.63, 3.8) is 0 Å². The van der Waals surface area contributed by atoms with Crippen molar-refractivity contribution in [3.8, 4) is 5.75 Å². The first kappa shape index (κ1) is 19.8. The Bertz CT molecular complexity index is 671. The number of carbonyl (C=O) groups excluding carboxylic acids is 1. The summed E-state index contributed by atoms with van der Waals surface area (Å²) in [5, 5.41) is 15.4. The fourth-order valence-electron chi connectivity index (χ4n) is 2.85. The lowest BCUT2D eigenvalue weighted by Crippen LogP contribution is -2.47. The molecular weight excluding hydrogens is 326 g/mol. The molecule has 0 saturated carbocycles. The molecule has 0 aromatic heterocycles. The Morgan fingerprint density at radius 1 is 1.00 bits per heavy atom. The highest BCUT2D eigenvalue weighted by molar-refractivity contribution is 5.74. The van der Waals surface area contributed by atoms with Crippen molar-refractivity contribution in [1.29, 1.82) is 0 Å². The molecule has 2 amide bonds. The van der Waals surface area contributed by atoms with Gasteiger partial charge in [-0.3, -0.25) is 0 Å². The zero-order chi connectivity index (χ0) is 18.9. The first-order valence-electron chi connectivity index (χ1n) is 8.96. The van der Waals surface area contributed by atoms with E-state index >= 15 is 0 Å². The minimum Gasteiger partial charge on any atom is -0.508 e. The smallest absolute Gasteiger partial charge is 0.315 e. The topological polar surface area (TPSA) is 64.6 Å². The molecule has 0 saturated heterocycles. The van der Waals surface area contributed by atoms with Crippen molar-refractivity contribution >= 4 is 6.03 Å². The van der Waals surface area contributed by atoms with E-state index in [2.05, 4.69) is 27.7 Å². The van der Waals surface area contributed by atoms with Gasteiger partial charge in [0.15, 0.2) is 0 Å². The molecule has 0 bridgehead atoms. The van der Waals surface area contributed by atoms with Gasteiger partial charge >= 0.3 is 6.03 Å². The van der Waals surface area contributed by atoms with Gasteiger partial charge in [-0.15, -0.1) is 0 Å². The third-order valence-electron chi connectivity index (χ3n) is 4.40. The van der Waals surface area contributed by atoms with Gasteiger partial charge in [0, 0.05) is 18.6 Å². The Morgan fingerprint density at radius 2 is 1.62 bits per heavy atom. The maximum Gasteiger partial charge on any atom is 0.315 e. The number of aromatic hydroxyl groups is 1. The van der Waals surface area contributed by atoms with Crippen molar-refractivity contribution in [2.75, 3.05) is 20.6 Å². The first-order chi connectivity index (χ1) is 12.4. The van der Waals surface area contributed by atoms with Crippen LogP contribution in [0, 0.1) is 0 Å². The molecule has 0 aliphatic rings. The standard InChI is InChI=1S/C21H29N3O2/c1-16(13-17-7-5-4-6-8-17)23-21(26)22-15-19(24(2)3)14-18-9-11-20(25)12-10-18/h4-12,16,19,25H,13-15H2,1-3H3,(H2,22,23,26). The van der Waals surface area contributed by atoms with Crippen molar-refractivity contribution in [1.82, 2.24) is 15.5 Å². The van der Waals surface area contributed by atoms with Crippen LogP contribution in [0.4, 0.5) is 4.79 Å². The summed E-state index contributed by atoms with van der Waals surface area (Å²) in [6, 6.07) is 17.4. The third-order valence-corrected chi connectivity index (χ3v) is 4.40. The van der Waals surface area contributed by atoms with Gasteiger partial charge in [-0.25, -0.2) is 4.79 Å². The second-order valence-corrected chi connectivity index (χ2v) is 6.93. The molecule has 2 aromatic carbocycles. The molecule has 2 unspecified atom stereocenters. The fraction of sp³-hybridized carbons (Fsp3) is 0.381. The van der Waals surface area contributed by atoms with Crippen LogP contribution in [0.25, 0.3) is 0 Å². The molecule has 2 rings (SSSR count). The van der Waals surface area contributed by atoms with Crippen LogP contribution in [-0.2, 0) is 12.8 Å². The molecule has 5 heteroatoms. The Morgan fingerprint density at radius 3 is 2.23 bits per heavy atom. The zero-order valence-electron chi connectivity index (χ0n) is 15.8. The van der Waals surface area contributed by atoms with Crippen LogP contribution in [0.5, 0.6) is 5.75 Å². The number of nitrogens with zero attached hydrogens (tertiary/aromatic N) is 1. The van der Waals surface area contributed by atoms with Crippen LogP contribution in [0.1, 0.15) is 18.1 Å². The van der Waals surface area contributed by atoms with Gasteiger partial charge in [-0.1, -0.05) is 42.5 Å². The van der Waals surface area contributed by atoms with Crippen LogP contribution in [0.3, 0.4) is 0 Å². The predicted molar refractivity (Wildman–Crippen MR) is 105 cm³/mol. The number of amides is 2. The summed E-state index contributed by atoms with van der Waals surface area (Å²) in [6.07, 6.45) is 1.60. The number of hydrogen-bond donors (Lipinski definition) is 3. The van der Waals surface area contributed by atoms with Gasteiger partial charge in [-0.05, 0) is 57.1 Å². The van der Waals surface area contributed by atoms with Crippen LogP contribution in [0.2, 0.25) is 0 Å². The number of rotatable bonds is 8. The van der Waals surface area contributed by atoms with Gasteiger partial charge in [0.05, 0.1) is 0 Å². The van der Waals surface area contributed by atoms with E-state index in [9.17, 15) is 9.90 Å². The van der Waals surface area contributed by atoms with Crippen LogP contribution >= 0.6 is 0 Å². The highest BCUT2D eigenvalue weighted by Gasteiger charge is 2.15. The maximum absolute atomic E-state index is 12.2. The van der Waals surface area contributed by atoms with Crippen LogP contribution in [0.15, 0.2) is 54.6 Å². The second-order valence-electron chi connectivity index (χ2n) is 6.93. The van der Waals surface area contributed by atoms with Gasteiger partial charge in [0.2, 0.25) is 0 Å². The number of phenols is 1. The molecule has 2 atom stereocenters. The van der Waals surface area contributed by atoms with Crippen LogP contribution in [-0.4, -0.2) is 48.8 Å². The van der Waals surface area contributed by atoms with Crippen molar-refractivity contribution < 1.29 is 9.90 Å². The Hall–Kier alpha value is -2.53. The molecule has 2 aromatic rings. The molecule has 0 heterocycles. The summed E-state index contributed by atoms with van der Waals surface area (Å²) in [7, 11) is 4.01. The molecule has 140 valence electrons. The molecule has 3 N–H and O–H groups in total. The van der Waals surface area contributed by atoms with Crippen LogP contribution < -0.4 is 10.6 Å². The summed E-state index contributed by atoms with van der Waals surface area (Å²) in [5.41, 5.74) is 2.33. The van der Waals surface area contributed by atoms with Crippen molar-refractivity contribution in [2.24, 2.45) is 0 Å². The summed E-state index contributed by atoms with van der Waals surface area (Å²) in [5.74, 6) is 0.264. The average Bonchev–Trinajstić information content (AvgIpc) is 2.60. The number of likely N-dealkylation sites (N-methyl/N-ethyl adjacent to an activating group) is 1. The highest BCUT2D eigenvalue weighted by Crippen LogP contribution is 2.12. The van der Waals surface area contributed by atoms with Crippen molar-refractivity contribution in [2.45, 2.75) is 31.8 Å². The van der Waals surface area contributed by atoms with Gasteiger partial charge in [0.25, 0.3) is 0 Å². The van der Waals surface area contributed by atoms with E-state index in [1.807, 2.05) is 51.4 Å². The van der Waals surface area contributed by atoms with E-state index in [1.165, 1.54) is 5.56 Å². The molecular formula is C21H29N3O2. The lowest BCUT2D eigenvalue weighted by Gasteiger charge is -2.25. The van der Waals surface area contributed by atoms with E-state index in [0.717, 1.165) is 18.4 Å². The average molecular weight is 355 g/mol. The first-order valence-corrected chi connectivity index (χ1v) is 8.96. The van der Waals surface area contributed by atoms with Gasteiger partial charge in [-0.2, -0.15) is 0 Å². The fourth-order valence-corrected chi connectivity index (χ4v) is 2.85. The molecule has 26 heavy (non-hydrogen) atoms. The zero-order valence-corrected chi connectivity index (χ0v) is 15.8. The largest absolute Gasteiger partial charge is 0.508 e. The normalized spacial score (nSPS) is 13.2. The maximum atomic E-state index is 12.2. The lowest BCUT2D eigenvalue weighted by atomic mass is 10.0. The Kier molecular flexibility index (Phi) is 7.48. The van der Waals surface area contributed by atoms with E-state index in [0.29, 0.717) is 6.54 Å². The van der Waals surface area contributed by atoms with E-state index in [-0.39, 0.29) is 23.9 Å². The number of hydrogen-bond acceptors (Lipinski definition) is 3. The van der Waals surface area contributed by atoms with E-state index < -0.39 is 0 Å². The van der Waals surface area contributed by atoms with Gasteiger partial charge < -0.3 is 20.6 Å². The molecule has 0 fully saturated rings. The predicted octanol–water partition coefficient (Wildman–Crippen LogP) is 2.80. The molecule has 0 radical (unpaired) electrons. The number of benzene rings is 2. The van der Waals surface area contributed by atoms with E-state index in [1.54, 1.807) is 12.1 Å².